The lowest BCUT2D eigenvalue weighted by Gasteiger charge is -2.29. The Hall–Kier alpha value is -1.59. The van der Waals surface area contributed by atoms with E-state index in [-0.39, 0.29) is 18.4 Å². The van der Waals surface area contributed by atoms with Crippen LogP contribution in [0.1, 0.15) is 18.4 Å². The molecule has 6 heteroatoms. The summed E-state index contributed by atoms with van der Waals surface area (Å²) in [7, 11) is 0. The second-order valence-electron chi connectivity index (χ2n) is 5.32. The lowest BCUT2D eigenvalue weighted by molar-refractivity contribution is -0.144. The van der Waals surface area contributed by atoms with Gasteiger partial charge in [-0.15, -0.1) is 0 Å². The second-order valence-corrected chi connectivity index (χ2v) is 5.76. The van der Waals surface area contributed by atoms with Crippen LogP contribution in [-0.2, 0) is 16.1 Å². The van der Waals surface area contributed by atoms with Gasteiger partial charge in [0.15, 0.2) is 0 Å². The van der Waals surface area contributed by atoms with Crippen LogP contribution in [0.2, 0.25) is 5.02 Å². The number of nitrogens with zero attached hydrogens (tertiary/aromatic N) is 1. The van der Waals surface area contributed by atoms with Gasteiger partial charge in [0.05, 0.1) is 12.5 Å². The summed E-state index contributed by atoms with van der Waals surface area (Å²) in [5.74, 6) is -1.24. The fraction of sp³-hybridized carbons (Fsp3) is 0.467. The van der Waals surface area contributed by atoms with Crippen LogP contribution in [0.15, 0.2) is 24.3 Å². The van der Waals surface area contributed by atoms with Crippen molar-refractivity contribution < 1.29 is 14.7 Å². The summed E-state index contributed by atoms with van der Waals surface area (Å²) >= 11 is 5.88. The lowest BCUT2D eigenvalue weighted by atomic mass is 9.98. The summed E-state index contributed by atoms with van der Waals surface area (Å²) in [5, 5.41) is 12.5. The third kappa shape index (κ3) is 5.02. The molecule has 114 valence electrons. The number of hydrogen-bond donors (Lipinski definition) is 2. The maximum absolute atomic E-state index is 11.9. The van der Waals surface area contributed by atoms with Crippen molar-refractivity contribution in [3.05, 3.63) is 34.9 Å². The Labute approximate surface area is 128 Å². The molecule has 0 saturated carbocycles. The number of halogens is 1. The quantitative estimate of drug-likeness (QED) is 0.869. The predicted octanol–water partition coefficient (Wildman–Crippen LogP) is 1.75. The molecule has 1 aromatic rings. The van der Waals surface area contributed by atoms with E-state index in [1.165, 1.54) is 0 Å². The number of hydrogen-bond acceptors (Lipinski definition) is 3. The number of carboxylic acids is 1. The number of likely N-dealkylation sites (tertiary alicyclic amines) is 1. The van der Waals surface area contributed by atoms with Gasteiger partial charge in [0.2, 0.25) is 5.91 Å². The first kappa shape index (κ1) is 15.8. The Morgan fingerprint density at radius 3 is 2.95 bits per heavy atom. The van der Waals surface area contributed by atoms with E-state index in [4.69, 9.17) is 16.7 Å². The molecule has 2 rings (SSSR count). The van der Waals surface area contributed by atoms with Gasteiger partial charge in [0.1, 0.15) is 0 Å². The van der Waals surface area contributed by atoms with E-state index in [2.05, 4.69) is 5.32 Å². The zero-order chi connectivity index (χ0) is 15.2. The topological polar surface area (TPSA) is 69.6 Å². The van der Waals surface area contributed by atoms with Crippen LogP contribution < -0.4 is 5.32 Å². The normalized spacial score (nSPS) is 19.2. The number of carbonyl (C=O) groups is 2. The van der Waals surface area contributed by atoms with Gasteiger partial charge in [0.25, 0.3) is 0 Å². The number of carbonyl (C=O) groups excluding carboxylic acids is 1. The minimum absolute atomic E-state index is 0.0963. The lowest BCUT2D eigenvalue weighted by Crippen LogP contribution is -2.44. The van der Waals surface area contributed by atoms with Crippen molar-refractivity contribution in [1.29, 1.82) is 0 Å². The molecule has 0 bridgehead atoms. The first-order valence-corrected chi connectivity index (χ1v) is 7.38. The van der Waals surface area contributed by atoms with E-state index in [1.807, 2.05) is 23.1 Å². The van der Waals surface area contributed by atoms with Crippen LogP contribution in [0.4, 0.5) is 0 Å². The Morgan fingerprint density at radius 1 is 1.43 bits per heavy atom. The van der Waals surface area contributed by atoms with Crippen LogP contribution in [-0.4, -0.2) is 41.5 Å². The highest BCUT2D eigenvalue weighted by atomic mass is 35.5. The van der Waals surface area contributed by atoms with Gasteiger partial charge < -0.3 is 10.4 Å². The van der Waals surface area contributed by atoms with Crippen molar-refractivity contribution in [2.75, 3.05) is 19.6 Å². The summed E-state index contributed by atoms with van der Waals surface area (Å²) < 4.78 is 0. The van der Waals surface area contributed by atoms with Crippen LogP contribution >= 0.6 is 11.6 Å². The number of aliphatic carboxylic acids is 1. The fourth-order valence-corrected chi connectivity index (χ4v) is 2.72. The number of carboxylic acid groups (broad SMARTS) is 1. The molecule has 1 aliphatic heterocycles. The molecular formula is C15H19ClN2O3. The van der Waals surface area contributed by atoms with Crippen molar-refractivity contribution in [1.82, 2.24) is 10.2 Å². The van der Waals surface area contributed by atoms with Gasteiger partial charge >= 0.3 is 5.97 Å². The Kier molecular flexibility index (Phi) is 5.59. The fourth-order valence-electron chi connectivity index (χ4n) is 2.51. The van der Waals surface area contributed by atoms with E-state index in [1.54, 1.807) is 6.07 Å². The molecule has 0 aliphatic carbocycles. The largest absolute Gasteiger partial charge is 0.481 e. The van der Waals surface area contributed by atoms with Gasteiger partial charge in [-0.25, -0.2) is 0 Å². The average molecular weight is 311 g/mol. The van der Waals surface area contributed by atoms with Gasteiger partial charge in [0, 0.05) is 18.1 Å². The standard InChI is InChI=1S/C15H19ClN2O3/c16-13-5-1-3-11(7-13)8-17-14(19)10-18-6-2-4-12(9-18)15(20)21/h1,3,5,7,12H,2,4,6,8-10H2,(H,17,19)(H,20,21). The third-order valence-corrected chi connectivity index (χ3v) is 3.84. The predicted molar refractivity (Wildman–Crippen MR) is 80.1 cm³/mol. The number of rotatable bonds is 5. The molecule has 0 spiro atoms. The number of nitrogens with one attached hydrogen (secondary N) is 1. The molecule has 1 amide bonds. The molecule has 0 aromatic heterocycles. The first-order valence-electron chi connectivity index (χ1n) is 7.01. The molecule has 1 saturated heterocycles. The van der Waals surface area contributed by atoms with E-state index in [9.17, 15) is 9.59 Å². The van der Waals surface area contributed by atoms with Crippen molar-refractivity contribution in [3.63, 3.8) is 0 Å². The molecule has 2 N–H and O–H groups in total. The Balaban J connectivity index is 1.78. The molecule has 1 aliphatic rings. The van der Waals surface area contributed by atoms with Crippen LogP contribution in [0, 0.1) is 5.92 Å². The summed E-state index contributed by atoms with van der Waals surface area (Å²) in [5.41, 5.74) is 0.943. The molecule has 21 heavy (non-hydrogen) atoms. The minimum atomic E-state index is -0.779. The van der Waals surface area contributed by atoms with Crippen LogP contribution in [0.5, 0.6) is 0 Å². The summed E-state index contributed by atoms with van der Waals surface area (Å²) in [4.78, 5) is 24.8. The van der Waals surface area contributed by atoms with Gasteiger partial charge in [-0.3, -0.25) is 14.5 Å². The molecule has 1 heterocycles. The maximum Gasteiger partial charge on any atom is 0.307 e. The van der Waals surface area contributed by atoms with E-state index >= 15 is 0 Å². The highest BCUT2D eigenvalue weighted by Crippen LogP contribution is 2.16. The number of piperidine rings is 1. The molecular weight excluding hydrogens is 292 g/mol. The second kappa shape index (κ2) is 7.43. The monoisotopic (exact) mass is 310 g/mol. The van der Waals surface area contributed by atoms with Crippen molar-refractivity contribution in [3.8, 4) is 0 Å². The number of benzene rings is 1. The van der Waals surface area contributed by atoms with Crippen molar-refractivity contribution >= 4 is 23.5 Å². The molecule has 1 unspecified atom stereocenters. The SMILES string of the molecule is O=C(CN1CCCC(C(=O)O)C1)NCc1cccc(Cl)c1. The summed E-state index contributed by atoms with van der Waals surface area (Å²) in [6, 6.07) is 7.33. The smallest absolute Gasteiger partial charge is 0.307 e. The van der Waals surface area contributed by atoms with Gasteiger partial charge in [-0.1, -0.05) is 23.7 Å². The zero-order valence-corrected chi connectivity index (χ0v) is 12.5. The highest BCUT2D eigenvalue weighted by Gasteiger charge is 2.26. The molecule has 1 aromatic carbocycles. The molecule has 1 fully saturated rings. The summed E-state index contributed by atoms with van der Waals surface area (Å²) in [6.07, 6.45) is 1.51. The van der Waals surface area contributed by atoms with Crippen molar-refractivity contribution in [2.45, 2.75) is 19.4 Å². The summed E-state index contributed by atoms with van der Waals surface area (Å²) in [6.45, 7) is 1.88. The van der Waals surface area contributed by atoms with E-state index in [0.717, 1.165) is 18.5 Å². The third-order valence-electron chi connectivity index (χ3n) is 3.60. The Morgan fingerprint density at radius 2 is 2.24 bits per heavy atom. The molecule has 1 atom stereocenters. The average Bonchev–Trinajstić information content (AvgIpc) is 2.45. The van der Waals surface area contributed by atoms with Crippen LogP contribution in [0.25, 0.3) is 0 Å². The maximum atomic E-state index is 11.9. The Bertz CT molecular complexity index is 521. The van der Waals surface area contributed by atoms with Gasteiger partial charge in [-0.2, -0.15) is 0 Å². The van der Waals surface area contributed by atoms with Crippen molar-refractivity contribution in [2.24, 2.45) is 5.92 Å². The zero-order valence-electron chi connectivity index (χ0n) is 11.7. The minimum Gasteiger partial charge on any atom is -0.481 e. The van der Waals surface area contributed by atoms with E-state index < -0.39 is 5.97 Å². The van der Waals surface area contributed by atoms with Crippen LogP contribution in [0.3, 0.4) is 0 Å². The highest BCUT2D eigenvalue weighted by molar-refractivity contribution is 6.30. The van der Waals surface area contributed by atoms with Gasteiger partial charge in [-0.05, 0) is 37.1 Å². The molecule has 0 radical (unpaired) electrons. The van der Waals surface area contributed by atoms with E-state index in [0.29, 0.717) is 24.5 Å². The first-order chi connectivity index (χ1) is 10.0. The molecule has 5 nitrogen and oxygen atoms in total. The number of amides is 1.